The van der Waals surface area contributed by atoms with E-state index in [9.17, 15) is 4.79 Å². The molecule has 0 spiro atoms. The molecule has 1 saturated carbocycles. The third-order valence-electron chi connectivity index (χ3n) is 5.89. The Kier molecular flexibility index (Phi) is 8.67. The van der Waals surface area contributed by atoms with Gasteiger partial charge in [-0.25, -0.2) is 0 Å². The van der Waals surface area contributed by atoms with Crippen LogP contribution in [-0.2, 0) is 11.4 Å². The van der Waals surface area contributed by atoms with Gasteiger partial charge in [-0.3, -0.25) is 9.36 Å². The molecule has 1 amide bonds. The number of nitrogens with zero attached hydrogens (tertiary/aromatic N) is 3. The summed E-state index contributed by atoms with van der Waals surface area (Å²) in [5.41, 5.74) is 0.988. The van der Waals surface area contributed by atoms with Crippen LogP contribution in [-0.4, -0.2) is 32.5 Å². The van der Waals surface area contributed by atoms with Gasteiger partial charge in [0.05, 0.1) is 5.75 Å². The van der Waals surface area contributed by atoms with Crippen molar-refractivity contribution in [2.45, 2.75) is 83.6 Å². The van der Waals surface area contributed by atoms with Gasteiger partial charge in [0, 0.05) is 17.1 Å². The molecular formula is C23H33ClN4O2S. The maximum atomic E-state index is 12.4. The van der Waals surface area contributed by atoms with Crippen LogP contribution in [0.1, 0.15) is 70.3 Å². The average Bonchev–Trinajstić information content (AvgIpc) is 3.15. The number of benzene rings is 1. The number of aromatic nitrogens is 3. The number of ether oxygens (including phenoxy) is 1. The van der Waals surface area contributed by atoms with Crippen molar-refractivity contribution in [2.24, 2.45) is 5.92 Å². The fourth-order valence-corrected chi connectivity index (χ4v) is 4.78. The van der Waals surface area contributed by atoms with Crippen LogP contribution in [0.25, 0.3) is 0 Å². The lowest BCUT2D eigenvalue weighted by Gasteiger charge is -2.25. The fourth-order valence-electron chi connectivity index (χ4n) is 3.72. The van der Waals surface area contributed by atoms with Gasteiger partial charge in [-0.05, 0) is 56.4 Å². The molecule has 1 N–H and O–H groups in total. The van der Waals surface area contributed by atoms with Crippen LogP contribution in [0, 0.1) is 12.8 Å². The number of thioether (sulfide) groups is 1. The molecule has 1 atom stereocenters. The van der Waals surface area contributed by atoms with E-state index in [0.717, 1.165) is 35.1 Å². The average molecular weight is 465 g/mol. The van der Waals surface area contributed by atoms with E-state index in [1.165, 1.54) is 31.0 Å². The quantitative estimate of drug-likeness (QED) is 0.491. The van der Waals surface area contributed by atoms with Gasteiger partial charge in [-0.2, -0.15) is 0 Å². The molecule has 3 rings (SSSR count). The van der Waals surface area contributed by atoms with E-state index in [4.69, 9.17) is 16.3 Å². The summed E-state index contributed by atoms with van der Waals surface area (Å²) in [6.07, 6.45) is 5.89. The van der Waals surface area contributed by atoms with Crippen LogP contribution in [0.3, 0.4) is 0 Å². The molecule has 1 aliphatic carbocycles. The first kappa shape index (κ1) is 23.9. The Morgan fingerprint density at radius 1 is 1.26 bits per heavy atom. The van der Waals surface area contributed by atoms with Gasteiger partial charge in [0.25, 0.3) is 0 Å². The van der Waals surface area contributed by atoms with Crippen molar-refractivity contribution < 1.29 is 9.53 Å². The summed E-state index contributed by atoms with van der Waals surface area (Å²) in [6.45, 7) is 8.55. The van der Waals surface area contributed by atoms with Gasteiger partial charge in [0.2, 0.25) is 5.91 Å². The second kappa shape index (κ2) is 11.2. The fraction of sp³-hybridized carbons (Fsp3) is 0.609. The Hall–Kier alpha value is -1.73. The lowest BCUT2D eigenvalue weighted by Crippen LogP contribution is -2.37. The SMILES string of the molecule is Cc1cc(Cl)ccc1OCc1nnc(SCC(=O)NC(C)C(C)C)n1C1CCCCC1. The first-order valence-corrected chi connectivity index (χ1v) is 12.5. The first-order valence-electron chi connectivity index (χ1n) is 11.1. The van der Waals surface area contributed by atoms with Crippen LogP contribution < -0.4 is 10.1 Å². The Morgan fingerprint density at radius 3 is 2.68 bits per heavy atom. The lowest BCUT2D eigenvalue weighted by molar-refractivity contribution is -0.119. The van der Waals surface area contributed by atoms with Gasteiger partial charge in [-0.1, -0.05) is 56.5 Å². The smallest absolute Gasteiger partial charge is 0.230 e. The molecule has 0 bridgehead atoms. The number of carbonyl (C=O) groups excluding carboxylic acids is 1. The molecule has 0 saturated heterocycles. The van der Waals surface area contributed by atoms with Crippen LogP contribution in [0.4, 0.5) is 0 Å². The number of carbonyl (C=O) groups is 1. The second-order valence-corrected chi connectivity index (χ2v) is 10.0. The monoisotopic (exact) mass is 464 g/mol. The van der Waals surface area contributed by atoms with Gasteiger partial charge < -0.3 is 10.1 Å². The molecule has 1 aliphatic rings. The maximum Gasteiger partial charge on any atom is 0.230 e. The van der Waals surface area contributed by atoms with Crippen molar-refractivity contribution in [1.29, 1.82) is 0 Å². The molecule has 170 valence electrons. The van der Waals surface area contributed by atoms with Crippen LogP contribution in [0.2, 0.25) is 5.02 Å². The molecule has 31 heavy (non-hydrogen) atoms. The van der Waals surface area contributed by atoms with Crippen LogP contribution >= 0.6 is 23.4 Å². The standard InChI is InChI=1S/C23H33ClN4O2S/c1-15(2)17(4)25-22(29)14-31-23-27-26-21(28(23)19-8-6-5-7-9-19)13-30-20-11-10-18(24)12-16(20)3/h10-12,15,17,19H,5-9,13-14H2,1-4H3,(H,25,29). The molecule has 0 radical (unpaired) electrons. The summed E-state index contributed by atoms with van der Waals surface area (Å²) in [5.74, 6) is 2.36. The number of hydrogen-bond acceptors (Lipinski definition) is 5. The van der Waals surface area contributed by atoms with Crippen molar-refractivity contribution in [3.63, 3.8) is 0 Å². The number of nitrogens with one attached hydrogen (secondary N) is 1. The van der Waals surface area contributed by atoms with Gasteiger partial charge >= 0.3 is 0 Å². The van der Waals surface area contributed by atoms with E-state index in [0.29, 0.717) is 29.3 Å². The second-order valence-electron chi connectivity index (χ2n) is 8.65. The molecule has 6 nitrogen and oxygen atoms in total. The Labute approximate surface area is 194 Å². The van der Waals surface area contributed by atoms with E-state index in [1.54, 1.807) is 0 Å². The zero-order valence-electron chi connectivity index (χ0n) is 18.9. The Morgan fingerprint density at radius 2 is 2.00 bits per heavy atom. The van der Waals surface area contributed by atoms with Gasteiger partial charge in [0.15, 0.2) is 11.0 Å². The highest BCUT2D eigenvalue weighted by Crippen LogP contribution is 2.33. The number of hydrogen-bond donors (Lipinski definition) is 1. The molecular weight excluding hydrogens is 432 g/mol. The summed E-state index contributed by atoms with van der Waals surface area (Å²) < 4.78 is 8.26. The van der Waals surface area contributed by atoms with Crippen molar-refractivity contribution in [2.75, 3.05) is 5.75 Å². The van der Waals surface area contributed by atoms with E-state index < -0.39 is 0 Å². The highest BCUT2D eigenvalue weighted by molar-refractivity contribution is 7.99. The molecule has 1 unspecified atom stereocenters. The van der Waals surface area contributed by atoms with Crippen molar-refractivity contribution in [3.8, 4) is 5.75 Å². The van der Waals surface area contributed by atoms with E-state index in [1.807, 2.05) is 32.0 Å². The van der Waals surface area contributed by atoms with E-state index >= 15 is 0 Å². The minimum atomic E-state index is 0.0268. The molecule has 1 aromatic carbocycles. The Balaban J connectivity index is 1.72. The highest BCUT2D eigenvalue weighted by Gasteiger charge is 2.24. The topological polar surface area (TPSA) is 69.0 Å². The number of rotatable bonds is 9. The number of aryl methyl sites for hydroxylation is 1. The van der Waals surface area contributed by atoms with Crippen molar-refractivity contribution >= 4 is 29.3 Å². The summed E-state index contributed by atoms with van der Waals surface area (Å²) in [7, 11) is 0. The first-order chi connectivity index (χ1) is 14.8. The summed E-state index contributed by atoms with van der Waals surface area (Å²) in [4.78, 5) is 12.4. The minimum absolute atomic E-state index is 0.0268. The normalized spacial score (nSPS) is 15.8. The van der Waals surface area contributed by atoms with E-state index in [2.05, 4.69) is 33.9 Å². The van der Waals surface area contributed by atoms with Gasteiger partial charge in [-0.15, -0.1) is 10.2 Å². The van der Waals surface area contributed by atoms with Crippen molar-refractivity contribution in [1.82, 2.24) is 20.1 Å². The minimum Gasteiger partial charge on any atom is -0.485 e. The summed E-state index contributed by atoms with van der Waals surface area (Å²) in [5, 5.41) is 13.4. The number of amides is 1. The van der Waals surface area contributed by atoms with Crippen molar-refractivity contribution in [3.05, 3.63) is 34.6 Å². The third kappa shape index (κ3) is 6.62. The maximum absolute atomic E-state index is 12.4. The number of halogens is 1. The molecule has 1 heterocycles. The van der Waals surface area contributed by atoms with Crippen LogP contribution in [0.15, 0.2) is 23.4 Å². The zero-order chi connectivity index (χ0) is 22.4. The Bertz CT molecular complexity index is 880. The highest BCUT2D eigenvalue weighted by atomic mass is 35.5. The third-order valence-corrected chi connectivity index (χ3v) is 7.07. The molecule has 1 aromatic heterocycles. The molecule has 2 aromatic rings. The predicted octanol–water partition coefficient (Wildman–Crippen LogP) is 5.58. The zero-order valence-corrected chi connectivity index (χ0v) is 20.4. The van der Waals surface area contributed by atoms with Crippen LogP contribution in [0.5, 0.6) is 5.75 Å². The molecule has 8 heteroatoms. The predicted molar refractivity (Wildman–Crippen MR) is 126 cm³/mol. The lowest BCUT2D eigenvalue weighted by atomic mass is 9.95. The largest absolute Gasteiger partial charge is 0.485 e. The molecule has 0 aliphatic heterocycles. The summed E-state index contributed by atoms with van der Waals surface area (Å²) in [6, 6.07) is 6.11. The van der Waals surface area contributed by atoms with E-state index in [-0.39, 0.29) is 11.9 Å². The molecule has 1 fully saturated rings. The summed E-state index contributed by atoms with van der Waals surface area (Å²) >= 11 is 7.51. The van der Waals surface area contributed by atoms with Gasteiger partial charge in [0.1, 0.15) is 12.4 Å².